The van der Waals surface area contributed by atoms with Crippen LogP contribution in [-0.2, 0) is 0 Å². The van der Waals surface area contributed by atoms with E-state index in [0.717, 1.165) is 32.0 Å². The van der Waals surface area contributed by atoms with Gasteiger partial charge in [-0.1, -0.05) is 30.3 Å². The minimum atomic E-state index is -0.420. The number of nitrogens with zero attached hydrogens (tertiary/aromatic N) is 1. The zero-order valence-electron chi connectivity index (χ0n) is 17.8. The van der Waals surface area contributed by atoms with Crippen molar-refractivity contribution in [2.24, 2.45) is 0 Å². The molecule has 0 spiro atoms. The maximum Gasteiger partial charge on any atom is 0.264 e. The summed E-state index contributed by atoms with van der Waals surface area (Å²) in [5.41, 5.74) is 4.04. The van der Waals surface area contributed by atoms with E-state index >= 15 is 0 Å². The van der Waals surface area contributed by atoms with Crippen molar-refractivity contribution in [1.82, 2.24) is 10.3 Å². The van der Waals surface area contributed by atoms with Crippen LogP contribution in [0.2, 0.25) is 0 Å². The van der Waals surface area contributed by atoms with E-state index in [2.05, 4.69) is 16.7 Å². The number of hydrogen-bond acceptors (Lipinski definition) is 6. The van der Waals surface area contributed by atoms with E-state index in [4.69, 9.17) is 26.7 Å². The minimum absolute atomic E-state index is 0.174. The highest BCUT2D eigenvalue weighted by Gasteiger charge is 2.19. The molecule has 0 aliphatic heterocycles. The molecule has 4 aromatic rings. The van der Waals surface area contributed by atoms with Gasteiger partial charge in [0.15, 0.2) is 5.11 Å². The van der Waals surface area contributed by atoms with Gasteiger partial charge in [0.05, 0.1) is 24.4 Å². The Labute approximate surface area is 195 Å². The van der Waals surface area contributed by atoms with Crippen molar-refractivity contribution < 1.29 is 14.3 Å². The van der Waals surface area contributed by atoms with Gasteiger partial charge < -0.3 is 14.8 Å². The Morgan fingerprint density at radius 2 is 1.66 bits per heavy atom. The summed E-state index contributed by atoms with van der Waals surface area (Å²) >= 11 is 7.04. The van der Waals surface area contributed by atoms with Gasteiger partial charge in [0.25, 0.3) is 5.91 Å². The molecule has 6 nitrogen and oxygen atoms in total. The molecule has 0 saturated heterocycles. The minimum Gasteiger partial charge on any atom is -0.496 e. The maximum atomic E-state index is 12.9. The number of amides is 1. The third-order valence-electron chi connectivity index (χ3n) is 4.99. The van der Waals surface area contributed by atoms with Crippen molar-refractivity contribution in [2.75, 3.05) is 19.5 Å². The van der Waals surface area contributed by atoms with Crippen LogP contribution in [0.4, 0.5) is 5.69 Å². The Morgan fingerprint density at radius 1 is 0.969 bits per heavy atom. The molecule has 0 unspecified atom stereocenters. The highest BCUT2D eigenvalue weighted by Crippen LogP contribution is 2.34. The van der Waals surface area contributed by atoms with Crippen molar-refractivity contribution in [3.63, 3.8) is 0 Å². The van der Waals surface area contributed by atoms with Gasteiger partial charge in [-0.15, -0.1) is 11.3 Å². The van der Waals surface area contributed by atoms with E-state index in [-0.39, 0.29) is 10.7 Å². The Kier molecular flexibility index (Phi) is 6.34. The molecule has 4 rings (SSSR count). The quantitative estimate of drug-likeness (QED) is 0.385. The lowest BCUT2D eigenvalue weighted by Gasteiger charge is -2.16. The Bertz CT molecular complexity index is 1260. The average molecular weight is 464 g/mol. The SMILES string of the molecule is COc1cccc(OC)c1C(=O)NC(=S)Nc1cccc(-c2nc3ccccc3s2)c1C. The first kappa shape index (κ1) is 21.7. The van der Waals surface area contributed by atoms with Gasteiger partial charge >= 0.3 is 0 Å². The summed E-state index contributed by atoms with van der Waals surface area (Å²) in [4.78, 5) is 17.6. The number of nitrogens with one attached hydrogen (secondary N) is 2. The monoisotopic (exact) mass is 463 g/mol. The summed E-state index contributed by atoms with van der Waals surface area (Å²) in [5.74, 6) is 0.383. The lowest BCUT2D eigenvalue weighted by Crippen LogP contribution is -2.34. The zero-order chi connectivity index (χ0) is 22.7. The second kappa shape index (κ2) is 9.33. The van der Waals surface area contributed by atoms with Crippen LogP contribution >= 0.6 is 23.6 Å². The van der Waals surface area contributed by atoms with Gasteiger partial charge in [0, 0.05) is 11.3 Å². The van der Waals surface area contributed by atoms with Crippen LogP contribution in [0.5, 0.6) is 11.5 Å². The molecular formula is C24H21N3O3S2. The normalized spacial score (nSPS) is 10.6. The van der Waals surface area contributed by atoms with Gasteiger partial charge in [0.2, 0.25) is 0 Å². The van der Waals surface area contributed by atoms with E-state index in [9.17, 15) is 4.79 Å². The molecule has 162 valence electrons. The molecule has 0 atom stereocenters. The lowest BCUT2D eigenvalue weighted by atomic mass is 10.1. The molecule has 1 heterocycles. The second-order valence-corrected chi connectivity index (χ2v) is 8.35. The van der Waals surface area contributed by atoms with E-state index in [1.165, 1.54) is 14.2 Å². The topological polar surface area (TPSA) is 72.5 Å². The third kappa shape index (κ3) is 4.28. The Balaban J connectivity index is 1.56. The van der Waals surface area contributed by atoms with Crippen LogP contribution in [0.3, 0.4) is 0 Å². The fourth-order valence-electron chi connectivity index (χ4n) is 3.38. The second-order valence-electron chi connectivity index (χ2n) is 6.91. The molecule has 0 aliphatic rings. The van der Waals surface area contributed by atoms with E-state index in [1.54, 1.807) is 29.5 Å². The van der Waals surface area contributed by atoms with Crippen molar-refractivity contribution in [3.05, 3.63) is 71.8 Å². The lowest BCUT2D eigenvalue weighted by molar-refractivity contribution is 0.0971. The largest absolute Gasteiger partial charge is 0.496 e. The summed E-state index contributed by atoms with van der Waals surface area (Å²) < 4.78 is 11.7. The molecule has 32 heavy (non-hydrogen) atoms. The molecule has 0 fully saturated rings. The molecule has 0 saturated carbocycles. The number of methoxy groups -OCH3 is 2. The summed E-state index contributed by atoms with van der Waals surface area (Å²) in [7, 11) is 3.00. The smallest absolute Gasteiger partial charge is 0.264 e. The number of hydrogen-bond donors (Lipinski definition) is 2. The summed E-state index contributed by atoms with van der Waals surface area (Å²) in [6, 6.07) is 19.1. The van der Waals surface area contributed by atoms with E-state index < -0.39 is 5.91 Å². The summed E-state index contributed by atoms with van der Waals surface area (Å²) in [6.07, 6.45) is 0. The number of aromatic nitrogens is 1. The number of carbonyl (C=O) groups excluding carboxylic acids is 1. The molecule has 3 aromatic carbocycles. The highest BCUT2D eigenvalue weighted by atomic mass is 32.1. The zero-order valence-corrected chi connectivity index (χ0v) is 19.4. The van der Waals surface area contributed by atoms with Gasteiger partial charge in [-0.05, 0) is 55.0 Å². The van der Waals surface area contributed by atoms with Crippen LogP contribution < -0.4 is 20.1 Å². The standard InChI is InChI=1S/C24H21N3O3S2/c1-14-15(23-25-17-9-4-5-13-20(17)32-23)8-6-10-16(14)26-24(31)27-22(28)21-18(29-2)11-7-12-19(21)30-3/h4-13H,1-3H3,(H2,26,27,28,31). The first-order chi connectivity index (χ1) is 15.5. The first-order valence-electron chi connectivity index (χ1n) is 9.80. The number of anilines is 1. The van der Waals surface area contributed by atoms with Gasteiger partial charge in [-0.2, -0.15) is 0 Å². The van der Waals surface area contributed by atoms with E-state index in [1.807, 2.05) is 43.3 Å². The Hall–Kier alpha value is -3.49. The first-order valence-corrected chi connectivity index (χ1v) is 11.0. The Morgan fingerprint density at radius 3 is 2.34 bits per heavy atom. The number of thiazole rings is 1. The third-order valence-corrected chi connectivity index (χ3v) is 6.26. The average Bonchev–Trinajstić information content (AvgIpc) is 3.23. The molecule has 0 aliphatic carbocycles. The van der Waals surface area contributed by atoms with Crippen molar-refractivity contribution in [3.8, 4) is 22.1 Å². The van der Waals surface area contributed by atoms with Crippen molar-refractivity contribution in [1.29, 1.82) is 0 Å². The van der Waals surface area contributed by atoms with Gasteiger partial charge in [0.1, 0.15) is 22.1 Å². The fraction of sp³-hybridized carbons (Fsp3) is 0.125. The summed E-state index contributed by atoms with van der Waals surface area (Å²) in [6.45, 7) is 2.00. The number of fused-ring (bicyclic) bond motifs is 1. The van der Waals surface area contributed by atoms with Gasteiger partial charge in [-0.25, -0.2) is 4.98 Å². The van der Waals surface area contributed by atoms with E-state index in [0.29, 0.717) is 11.5 Å². The van der Waals surface area contributed by atoms with Crippen LogP contribution in [0.25, 0.3) is 20.8 Å². The molecule has 1 aromatic heterocycles. The fourth-order valence-corrected chi connectivity index (χ4v) is 4.64. The number of rotatable bonds is 5. The maximum absolute atomic E-state index is 12.9. The van der Waals surface area contributed by atoms with Gasteiger partial charge in [-0.3, -0.25) is 10.1 Å². The molecule has 1 amide bonds. The molecule has 8 heteroatoms. The van der Waals surface area contributed by atoms with Crippen LogP contribution in [0, 0.1) is 6.92 Å². The molecule has 0 bridgehead atoms. The van der Waals surface area contributed by atoms with Crippen molar-refractivity contribution >= 4 is 50.5 Å². The summed E-state index contributed by atoms with van der Waals surface area (Å²) in [5, 5.41) is 6.94. The van der Waals surface area contributed by atoms with Crippen LogP contribution in [0.1, 0.15) is 15.9 Å². The number of ether oxygens (including phenoxy) is 2. The predicted molar refractivity (Wildman–Crippen MR) is 133 cm³/mol. The molecule has 0 radical (unpaired) electrons. The molecule has 2 N–H and O–H groups in total. The predicted octanol–water partition coefficient (Wildman–Crippen LogP) is 5.42. The number of carbonyl (C=O) groups is 1. The number of para-hydroxylation sites is 1. The van der Waals surface area contributed by atoms with Crippen molar-refractivity contribution in [2.45, 2.75) is 6.92 Å². The highest BCUT2D eigenvalue weighted by molar-refractivity contribution is 7.80. The molecular weight excluding hydrogens is 442 g/mol. The van der Waals surface area contributed by atoms with Crippen LogP contribution in [0.15, 0.2) is 60.7 Å². The number of thiocarbonyl (C=S) groups is 1. The van der Waals surface area contributed by atoms with Crippen LogP contribution in [-0.4, -0.2) is 30.2 Å². The number of benzene rings is 3.